The highest BCUT2D eigenvalue weighted by Crippen LogP contribution is 2.28. The lowest BCUT2D eigenvalue weighted by Crippen LogP contribution is -2.48. The zero-order chi connectivity index (χ0) is 16.8. The largest absolute Gasteiger partial charge is 0.496 e. The van der Waals surface area contributed by atoms with Gasteiger partial charge in [-0.1, -0.05) is 18.9 Å². The van der Waals surface area contributed by atoms with Crippen LogP contribution in [0.25, 0.3) is 0 Å². The van der Waals surface area contributed by atoms with Crippen LogP contribution < -0.4 is 15.4 Å². The molecule has 1 aromatic carbocycles. The number of nitrogens with one attached hydrogen (secondary N) is 2. The number of methoxy groups -OCH3 is 1. The van der Waals surface area contributed by atoms with Crippen LogP contribution in [0.5, 0.6) is 5.75 Å². The van der Waals surface area contributed by atoms with E-state index in [1.54, 1.807) is 19.1 Å². The third kappa shape index (κ3) is 4.34. The predicted molar refractivity (Wildman–Crippen MR) is 85.9 cm³/mol. The monoisotopic (exact) mass is 324 g/mol. The summed E-state index contributed by atoms with van der Waals surface area (Å²) in [6.07, 6.45) is 3.89. The van der Waals surface area contributed by atoms with E-state index >= 15 is 0 Å². The molecule has 1 fully saturated rings. The lowest BCUT2D eigenvalue weighted by atomic mass is 9.85. The van der Waals surface area contributed by atoms with Crippen molar-refractivity contribution in [2.45, 2.75) is 44.7 Å². The van der Waals surface area contributed by atoms with Gasteiger partial charge >= 0.3 is 6.03 Å². The molecule has 0 radical (unpaired) electrons. The summed E-state index contributed by atoms with van der Waals surface area (Å²) >= 11 is 0. The second kappa shape index (κ2) is 8.15. The molecule has 23 heavy (non-hydrogen) atoms. The van der Waals surface area contributed by atoms with Crippen LogP contribution in [0.1, 0.15) is 44.2 Å². The lowest BCUT2D eigenvalue weighted by molar-refractivity contribution is 0.153. The van der Waals surface area contributed by atoms with E-state index in [0.29, 0.717) is 11.3 Å². The van der Waals surface area contributed by atoms with Crippen molar-refractivity contribution in [2.24, 2.45) is 5.92 Å². The number of aliphatic hydroxyl groups is 1. The molecule has 3 atom stereocenters. The SMILES string of the molecule is COc1cccc(F)c1C(C)NC(=O)NC1CCCCC1CO. The Morgan fingerprint density at radius 2 is 2.17 bits per heavy atom. The maximum atomic E-state index is 14.0. The highest BCUT2D eigenvalue weighted by atomic mass is 19.1. The molecule has 0 bridgehead atoms. The molecule has 0 spiro atoms. The average Bonchev–Trinajstić information content (AvgIpc) is 2.54. The van der Waals surface area contributed by atoms with Crippen molar-refractivity contribution in [3.05, 3.63) is 29.6 Å². The Bertz CT molecular complexity index is 539. The van der Waals surface area contributed by atoms with Crippen molar-refractivity contribution in [3.63, 3.8) is 0 Å². The van der Waals surface area contributed by atoms with Crippen LogP contribution in [-0.2, 0) is 0 Å². The molecule has 1 saturated carbocycles. The number of amides is 2. The standard InChI is InChI=1S/C17H25FN2O3/c1-11(16-13(18)7-5-9-15(16)23-2)19-17(22)20-14-8-4-3-6-12(14)10-21/h5,7,9,11-12,14,21H,3-4,6,8,10H2,1-2H3,(H2,19,20,22). The van der Waals surface area contributed by atoms with Crippen LogP contribution in [0.15, 0.2) is 18.2 Å². The fraction of sp³-hybridized carbons (Fsp3) is 0.588. The summed E-state index contributed by atoms with van der Waals surface area (Å²) in [5.41, 5.74) is 0.326. The van der Waals surface area contributed by atoms with Gasteiger partial charge in [0, 0.05) is 18.6 Å². The number of carbonyl (C=O) groups is 1. The second-order valence-electron chi connectivity index (χ2n) is 6.03. The Hall–Kier alpha value is -1.82. The summed E-state index contributed by atoms with van der Waals surface area (Å²) in [4.78, 5) is 12.2. The predicted octanol–water partition coefficient (Wildman–Crippen LogP) is 2.75. The number of hydrogen-bond donors (Lipinski definition) is 3. The second-order valence-corrected chi connectivity index (χ2v) is 6.03. The molecular weight excluding hydrogens is 299 g/mol. The van der Waals surface area contributed by atoms with Crippen molar-refractivity contribution in [1.82, 2.24) is 10.6 Å². The smallest absolute Gasteiger partial charge is 0.315 e. The fourth-order valence-corrected chi connectivity index (χ4v) is 3.21. The first-order chi connectivity index (χ1) is 11.1. The third-order valence-electron chi connectivity index (χ3n) is 4.47. The quantitative estimate of drug-likeness (QED) is 0.780. The highest BCUT2D eigenvalue weighted by Gasteiger charge is 2.26. The minimum Gasteiger partial charge on any atom is -0.496 e. The zero-order valence-electron chi connectivity index (χ0n) is 13.6. The van der Waals surface area contributed by atoms with E-state index in [2.05, 4.69) is 10.6 Å². The third-order valence-corrected chi connectivity index (χ3v) is 4.47. The fourth-order valence-electron chi connectivity index (χ4n) is 3.21. The minimum absolute atomic E-state index is 0.0385. The highest BCUT2D eigenvalue weighted by molar-refractivity contribution is 5.75. The van der Waals surface area contributed by atoms with Crippen LogP contribution in [0.3, 0.4) is 0 Å². The van der Waals surface area contributed by atoms with E-state index in [0.717, 1.165) is 25.7 Å². The molecule has 1 aromatic rings. The van der Waals surface area contributed by atoms with E-state index in [9.17, 15) is 14.3 Å². The van der Waals surface area contributed by atoms with Crippen LogP contribution in [-0.4, -0.2) is 30.9 Å². The van der Waals surface area contributed by atoms with Gasteiger partial charge in [-0.05, 0) is 31.9 Å². The van der Waals surface area contributed by atoms with E-state index in [1.807, 2.05) is 0 Å². The Morgan fingerprint density at radius 3 is 2.87 bits per heavy atom. The van der Waals surface area contributed by atoms with Crippen LogP contribution in [0, 0.1) is 11.7 Å². The van der Waals surface area contributed by atoms with Gasteiger partial charge in [-0.15, -0.1) is 0 Å². The molecule has 6 heteroatoms. The van der Waals surface area contributed by atoms with Gasteiger partial charge in [-0.3, -0.25) is 0 Å². The molecule has 0 aromatic heterocycles. The summed E-state index contributed by atoms with van der Waals surface area (Å²) < 4.78 is 19.2. The van der Waals surface area contributed by atoms with Gasteiger partial charge in [-0.25, -0.2) is 9.18 Å². The number of hydrogen-bond acceptors (Lipinski definition) is 3. The van der Waals surface area contributed by atoms with Crippen molar-refractivity contribution >= 4 is 6.03 Å². The topological polar surface area (TPSA) is 70.6 Å². The van der Waals surface area contributed by atoms with Gasteiger partial charge in [0.25, 0.3) is 0 Å². The first kappa shape index (κ1) is 17.5. The molecule has 1 aliphatic carbocycles. The molecule has 0 aliphatic heterocycles. The summed E-state index contributed by atoms with van der Waals surface area (Å²) in [6, 6.07) is 3.66. The van der Waals surface area contributed by atoms with Crippen molar-refractivity contribution in [2.75, 3.05) is 13.7 Å². The molecule has 0 heterocycles. The van der Waals surface area contributed by atoms with Gasteiger partial charge in [0.1, 0.15) is 11.6 Å². The maximum Gasteiger partial charge on any atom is 0.315 e. The number of urea groups is 1. The molecule has 3 unspecified atom stereocenters. The Balaban J connectivity index is 2.00. The number of halogens is 1. The molecule has 1 aliphatic rings. The normalized spacial score (nSPS) is 22.3. The van der Waals surface area contributed by atoms with Crippen LogP contribution in [0.4, 0.5) is 9.18 Å². The van der Waals surface area contributed by atoms with Gasteiger partial charge in [0.05, 0.1) is 18.7 Å². The van der Waals surface area contributed by atoms with Crippen molar-refractivity contribution in [3.8, 4) is 5.75 Å². The van der Waals surface area contributed by atoms with Gasteiger partial charge in [-0.2, -0.15) is 0 Å². The Labute approximate surface area is 136 Å². The average molecular weight is 324 g/mol. The van der Waals surface area contributed by atoms with Crippen molar-refractivity contribution < 1.29 is 19.0 Å². The molecule has 5 nitrogen and oxygen atoms in total. The number of aliphatic hydroxyl groups excluding tert-OH is 1. The first-order valence-corrected chi connectivity index (χ1v) is 8.07. The van der Waals surface area contributed by atoms with Gasteiger partial charge in [0.15, 0.2) is 0 Å². The summed E-state index contributed by atoms with van der Waals surface area (Å²) in [5, 5.41) is 15.1. The van der Waals surface area contributed by atoms with E-state index in [-0.39, 0.29) is 24.6 Å². The first-order valence-electron chi connectivity index (χ1n) is 8.07. The van der Waals surface area contributed by atoms with E-state index in [4.69, 9.17) is 4.74 Å². The molecule has 2 amide bonds. The van der Waals surface area contributed by atoms with Crippen LogP contribution >= 0.6 is 0 Å². The summed E-state index contributed by atoms with van der Waals surface area (Å²) in [6.45, 7) is 1.78. The minimum atomic E-state index is -0.526. The Kier molecular flexibility index (Phi) is 6.21. The molecule has 3 N–H and O–H groups in total. The zero-order valence-corrected chi connectivity index (χ0v) is 13.6. The molecule has 2 rings (SSSR count). The van der Waals surface area contributed by atoms with E-state index < -0.39 is 11.9 Å². The number of carbonyl (C=O) groups excluding carboxylic acids is 1. The lowest BCUT2D eigenvalue weighted by Gasteiger charge is -2.31. The summed E-state index contributed by atoms with van der Waals surface area (Å²) in [7, 11) is 1.47. The van der Waals surface area contributed by atoms with E-state index in [1.165, 1.54) is 13.2 Å². The summed E-state index contributed by atoms with van der Waals surface area (Å²) in [5.74, 6) is 0.0829. The molecule has 128 valence electrons. The maximum absolute atomic E-state index is 14.0. The number of rotatable bonds is 5. The van der Waals surface area contributed by atoms with Crippen LogP contribution in [0.2, 0.25) is 0 Å². The molecular formula is C17H25FN2O3. The Morgan fingerprint density at radius 1 is 1.43 bits per heavy atom. The van der Waals surface area contributed by atoms with Crippen molar-refractivity contribution in [1.29, 1.82) is 0 Å². The number of ether oxygens (including phenoxy) is 1. The molecule has 0 saturated heterocycles. The number of benzene rings is 1. The van der Waals surface area contributed by atoms with Gasteiger partial charge in [0.2, 0.25) is 0 Å². The van der Waals surface area contributed by atoms with Gasteiger partial charge < -0.3 is 20.5 Å².